The maximum Gasteiger partial charge on any atom is 0.336 e. The number of hydrogen-bond acceptors (Lipinski definition) is 5. The fourth-order valence-electron chi connectivity index (χ4n) is 6.39. The van der Waals surface area contributed by atoms with Crippen molar-refractivity contribution in [2.45, 2.75) is 64.6 Å². The molecule has 1 aromatic heterocycles. The van der Waals surface area contributed by atoms with Crippen molar-refractivity contribution >= 4 is 16.9 Å². The van der Waals surface area contributed by atoms with Crippen LogP contribution in [0, 0.1) is 31.1 Å². The number of carbonyl (C=O) groups is 1. The van der Waals surface area contributed by atoms with Gasteiger partial charge in [-0.05, 0) is 75.3 Å². The summed E-state index contributed by atoms with van der Waals surface area (Å²) in [7, 11) is 0. The molecule has 4 fully saturated rings. The van der Waals surface area contributed by atoms with E-state index in [1.807, 2.05) is 26.0 Å². The molecule has 148 valence electrons. The molecule has 4 aliphatic carbocycles. The fourth-order valence-corrected chi connectivity index (χ4v) is 6.39. The molecule has 5 nitrogen and oxygen atoms in total. The van der Waals surface area contributed by atoms with Gasteiger partial charge in [-0.3, -0.25) is 4.79 Å². The minimum atomic E-state index is -0.696. The number of hydrogen-bond donors (Lipinski definition) is 1. The summed E-state index contributed by atoms with van der Waals surface area (Å²) in [5.41, 5.74) is 1.52. The molecule has 2 unspecified atom stereocenters. The molecule has 2 aromatic rings. The van der Waals surface area contributed by atoms with E-state index in [0.29, 0.717) is 29.4 Å². The molecule has 4 atom stereocenters. The summed E-state index contributed by atoms with van der Waals surface area (Å²) in [4.78, 5) is 25.2. The van der Waals surface area contributed by atoms with Crippen molar-refractivity contribution in [2.24, 2.45) is 17.3 Å². The first-order chi connectivity index (χ1) is 13.3. The van der Waals surface area contributed by atoms with E-state index in [1.54, 1.807) is 0 Å². The molecule has 4 bridgehead atoms. The lowest BCUT2D eigenvalue weighted by atomic mass is 9.48. The van der Waals surface area contributed by atoms with Crippen LogP contribution in [0.2, 0.25) is 0 Å². The van der Waals surface area contributed by atoms with Crippen molar-refractivity contribution in [1.82, 2.24) is 0 Å². The number of benzene rings is 1. The number of rotatable bonds is 3. The Morgan fingerprint density at radius 2 is 1.93 bits per heavy atom. The van der Waals surface area contributed by atoms with Crippen molar-refractivity contribution in [3.8, 4) is 0 Å². The van der Waals surface area contributed by atoms with E-state index in [-0.39, 0.29) is 12.6 Å². The third-order valence-electron chi connectivity index (χ3n) is 7.34. The summed E-state index contributed by atoms with van der Waals surface area (Å²) in [5, 5.41) is 11.7. The van der Waals surface area contributed by atoms with Crippen molar-refractivity contribution in [1.29, 1.82) is 0 Å². The van der Waals surface area contributed by atoms with Gasteiger partial charge < -0.3 is 14.3 Å². The molecule has 0 radical (unpaired) electrons. The fraction of sp³-hybridized carbons (Fsp3) is 0.565. The molecule has 0 saturated heterocycles. The monoisotopic (exact) mass is 382 g/mol. The van der Waals surface area contributed by atoms with Gasteiger partial charge in [-0.2, -0.15) is 0 Å². The molecule has 1 N–H and O–H groups in total. The minimum Gasteiger partial charge on any atom is -0.460 e. The van der Waals surface area contributed by atoms with Crippen LogP contribution in [-0.4, -0.2) is 16.7 Å². The van der Waals surface area contributed by atoms with Gasteiger partial charge in [0.1, 0.15) is 12.2 Å². The molecule has 0 aliphatic heterocycles. The van der Waals surface area contributed by atoms with Crippen LogP contribution in [0.4, 0.5) is 0 Å². The van der Waals surface area contributed by atoms with E-state index in [4.69, 9.17) is 9.15 Å². The highest BCUT2D eigenvalue weighted by atomic mass is 16.5. The SMILES string of the molecule is Cc1ccc2c(COC(=O)C34C[C@@H]5C[C@@H](CC(O)(C5)C3)C4)cc(=O)oc2c1C. The number of fused-ring (bicyclic) bond motifs is 1. The first kappa shape index (κ1) is 17.9. The highest BCUT2D eigenvalue weighted by Gasteiger charge is 2.60. The number of ether oxygens (including phenoxy) is 1. The van der Waals surface area contributed by atoms with E-state index in [1.165, 1.54) is 6.07 Å². The molecular weight excluding hydrogens is 356 g/mol. The van der Waals surface area contributed by atoms with E-state index in [9.17, 15) is 14.7 Å². The quantitative estimate of drug-likeness (QED) is 0.646. The Bertz CT molecular complexity index is 1020. The Morgan fingerprint density at radius 3 is 2.61 bits per heavy atom. The molecule has 5 heteroatoms. The maximum atomic E-state index is 13.1. The van der Waals surface area contributed by atoms with Gasteiger partial charge in [0.25, 0.3) is 0 Å². The Labute approximate surface area is 163 Å². The highest BCUT2D eigenvalue weighted by molar-refractivity contribution is 5.84. The summed E-state index contributed by atoms with van der Waals surface area (Å²) in [5.74, 6) is 0.633. The normalized spacial score (nSPS) is 33.4. The molecular formula is C23H26O5. The first-order valence-electron chi connectivity index (χ1n) is 10.2. The third kappa shape index (κ3) is 2.71. The van der Waals surface area contributed by atoms with E-state index < -0.39 is 16.6 Å². The highest BCUT2D eigenvalue weighted by Crippen LogP contribution is 2.62. The van der Waals surface area contributed by atoms with Gasteiger partial charge in [-0.1, -0.05) is 12.1 Å². The summed E-state index contributed by atoms with van der Waals surface area (Å²) in [6, 6.07) is 5.31. The number of esters is 1. The number of carbonyl (C=O) groups excluding carboxylic acids is 1. The zero-order chi connectivity index (χ0) is 19.7. The zero-order valence-corrected chi connectivity index (χ0v) is 16.4. The van der Waals surface area contributed by atoms with Gasteiger partial charge in [0.15, 0.2) is 0 Å². The summed E-state index contributed by atoms with van der Waals surface area (Å²) >= 11 is 0. The van der Waals surface area contributed by atoms with E-state index in [0.717, 1.165) is 48.6 Å². The Kier molecular flexibility index (Phi) is 3.80. The molecule has 0 spiro atoms. The Hall–Kier alpha value is -2.14. The second-order valence-corrected chi connectivity index (χ2v) is 9.52. The van der Waals surface area contributed by atoms with Gasteiger partial charge in [-0.25, -0.2) is 4.79 Å². The lowest BCUT2D eigenvalue weighted by Crippen LogP contribution is -2.58. The predicted octanol–water partition coefficient (Wildman–Crippen LogP) is 3.78. The van der Waals surface area contributed by atoms with Crippen LogP contribution in [0.3, 0.4) is 0 Å². The lowest BCUT2D eigenvalue weighted by Gasteiger charge is -2.58. The molecule has 28 heavy (non-hydrogen) atoms. The lowest BCUT2D eigenvalue weighted by molar-refractivity contribution is -0.197. The summed E-state index contributed by atoms with van der Waals surface area (Å²) < 4.78 is 11.2. The van der Waals surface area contributed by atoms with Crippen molar-refractivity contribution < 1.29 is 19.1 Å². The van der Waals surface area contributed by atoms with Crippen LogP contribution in [0.15, 0.2) is 27.4 Å². The number of aliphatic hydroxyl groups is 1. The summed E-state index contributed by atoms with van der Waals surface area (Å²) in [6.45, 7) is 3.95. The van der Waals surface area contributed by atoms with Gasteiger partial charge in [-0.15, -0.1) is 0 Å². The van der Waals surface area contributed by atoms with Crippen LogP contribution in [-0.2, 0) is 16.1 Å². The molecule has 1 aromatic carbocycles. The van der Waals surface area contributed by atoms with Crippen molar-refractivity contribution in [3.63, 3.8) is 0 Å². The average Bonchev–Trinajstić information content (AvgIpc) is 2.60. The van der Waals surface area contributed by atoms with Crippen molar-refractivity contribution in [3.05, 3.63) is 45.3 Å². The summed E-state index contributed by atoms with van der Waals surface area (Å²) in [6.07, 6.45) is 4.92. The van der Waals surface area contributed by atoms with Gasteiger partial charge in [0, 0.05) is 17.0 Å². The second-order valence-electron chi connectivity index (χ2n) is 9.52. The topological polar surface area (TPSA) is 76.7 Å². The van der Waals surface area contributed by atoms with Crippen LogP contribution in [0.5, 0.6) is 0 Å². The molecule has 4 aliphatic rings. The molecule has 1 heterocycles. The Balaban J connectivity index is 1.42. The average molecular weight is 382 g/mol. The van der Waals surface area contributed by atoms with Crippen LogP contribution in [0.1, 0.15) is 55.2 Å². The minimum absolute atomic E-state index is 0.0545. The maximum absolute atomic E-state index is 13.1. The molecule has 6 rings (SSSR count). The van der Waals surface area contributed by atoms with Gasteiger partial charge >= 0.3 is 11.6 Å². The predicted molar refractivity (Wildman–Crippen MR) is 104 cm³/mol. The Morgan fingerprint density at radius 1 is 1.21 bits per heavy atom. The molecule has 4 saturated carbocycles. The smallest absolute Gasteiger partial charge is 0.336 e. The third-order valence-corrected chi connectivity index (χ3v) is 7.34. The van der Waals surface area contributed by atoms with Crippen LogP contribution in [0.25, 0.3) is 11.0 Å². The van der Waals surface area contributed by atoms with Gasteiger partial charge in [0.2, 0.25) is 0 Å². The van der Waals surface area contributed by atoms with Crippen molar-refractivity contribution in [2.75, 3.05) is 0 Å². The standard InChI is InChI=1S/C23H26O5/c1-13-3-4-18-17(6-19(24)28-20(18)14(13)2)11-27-21(25)22-7-15-5-16(8-22)10-23(26,9-15)12-22/h3-4,6,15-16,26H,5,7-12H2,1-2H3/t15-,16+,22?,23?. The first-order valence-corrected chi connectivity index (χ1v) is 10.2. The van der Waals surface area contributed by atoms with E-state index in [2.05, 4.69) is 0 Å². The second kappa shape index (κ2) is 5.93. The van der Waals surface area contributed by atoms with Crippen LogP contribution < -0.4 is 5.63 Å². The van der Waals surface area contributed by atoms with E-state index >= 15 is 0 Å². The zero-order valence-electron chi connectivity index (χ0n) is 16.4. The van der Waals surface area contributed by atoms with Gasteiger partial charge in [0.05, 0.1) is 11.0 Å². The number of aryl methyl sites for hydroxylation is 2. The van der Waals surface area contributed by atoms with Crippen LogP contribution >= 0.6 is 0 Å². The molecule has 0 amide bonds. The largest absolute Gasteiger partial charge is 0.460 e.